The molecule has 1 fully saturated rings. The first-order chi connectivity index (χ1) is 16.1. The largest absolute Gasteiger partial charge is 0.507 e. The molecule has 34 heavy (non-hydrogen) atoms. The van der Waals surface area contributed by atoms with Crippen LogP contribution < -0.4 is 9.47 Å². The summed E-state index contributed by atoms with van der Waals surface area (Å²) in [6.45, 7) is -0.710. The van der Waals surface area contributed by atoms with Crippen LogP contribution in [0.1, 0.15) is 33.7 Å². The standard InChI is InChI=1S/C22H24O12/c1-32-11-5-10(26)13-16(28)18(30)20(7-2-3-8(24)9(25)4-7)34-21(13)14(11)22-19(31)17(29)15(27)12(6-23)33-22/h2-5,12,15,17-20,22-27,29-31H,6H2,1H3/t12-,15-,17+,18+,19-,20-,22+/m1/s1. The minimum Gasteiger partial charge on any atom is -0.507 e. The maximum atomic E-state index is 13.1. The van der Waals surface area contributed by atoms with Crippen molar-refractivity contribution in [2.45, 2.75) is 42.7 Å². The molecule has 12 heteroatoms. The smallest absolute Gasteiger partial charge is 0.202 e. The molecule has 0 aliphatic carbocycles. The van der Waals surface area contributed by atoms with Crippen molar-refractivity contribution in [3.05, 3.63) is 41.0 Å². The quantitative estimate of drug-likeness (QED) is 0.248. The first kappa shape index (κ1) is 24.0. The second-order valence-electron chi connectivity index (χ2n) is 8.06. The van der Waals surface area contributed by atoms with Crippen LogP contribution in [0.15, 0.2) is 24.3 Å². The molecular weight excluding hydrogens is 456 g/mol. The average Bonchev–Trinajstić information content (AvgIpc) is 2.82. The number of hydrogen-bond acceptors (Lipinski definition) is 12. The molecule has 2 aliphatic heterocycles. The summed E-state index contributed by atoms with van der Waals surface area (Å²) in [5.41, 5.74) is -0.469. The number of phenols is 3. The lowest BCUT2D eigenvalue weighted by molar-refractivity contribution is -0.232. The van der Waals surface area contributed by atoms with Gasteiger partial charge in [0.1, 0.15) is 53.3 Å². The van der Waals surface area contributed by atoms with Crippen molar-refractivity contribution < 1.29 is 59.9 Å². The van der Waals surface area contributed by atoms with Crippen molar-refractivity contribution >= 4 is 5.78 Å². The molecule has 0 amide bonds. The molecule has 0 radical (unpaired) electrons. The van der Waals surface area contributed by atoms with Crippen LogP contribution in [0.4, 0.5) is 0 Å². The average molecular weight is 480 g/mol. The predicted octanol–water partition coefficient (Wildman–Crippen LogP) is -0.996. The number of carbonyl (C=O) groups is 1. The van der Waals surface area contributed by atoms with Gasteiger partial charge in [0.15, 0.2) is 23.7 Å². The Bertz CT molecular complexity index is 1100. The first-order valence-electron chi connectivity index (χ1n) is 10.3. The van der Waals surface area contributed by atoms with Crippen LogP contribution in [0.25, 0.3) is 0 Å². The highest BCUT2D eigenvalue weighted by molar-refractivity contribution is 6.06. The van der Waals surface area contributed by atoms with Gasteiger partial charge in [-0.2, -0.15) is 0 Å². The van der Waals surface area contributed by atoms with Gasteiger partial charge >= 0.3 is 0 Å². The van der Waals surface area contributed by atoms with Crippen LogP contribution >= 0.6 is 0 Å². The monoisotopic (exact) mass is 480 g/mol. The number of phenolic OH excluding ortho intramolecular Hbond substituents is 3. The van der Waals surface area contributed by atoms with Crippen molar-refractivity contribution in [2.75, 3.05) is 13.7 Å². The van der Waals surface area contributed by atoms with E-state index in [2.05, 4.69) is 0 Å². The van der Waals surface area contributed by atoms with Crippen LogP contribution in [0, 0.1) is 0 Å². The van der Waals surface area contributed by atoms with Gasteiger partial charge in [-0.1, -0.05) is 6.07 Å². The molecule has 184 valence electrons. The van der Waals surface area contributed by atoms with E-state index in [1.807, 2.05) is 0 Å². The van der Waals surface area contributed by atoms with E-state index in [1.54, 1.807) is 0 Å². The van der Waals surface area contributed by atoms with E-state index in [4.69, 9.17) is 14.2 Å². The van der Waals surface area contributed by atoms with Crippen LogP contribution in [-0.2, 0) is 4.74 Å². The van der Waals surface area contributed by atoms with Gasteiger partial charge in [-0.3, -0.25) is 4.79 Å². The second kappa shape index (κ2) is 8.91. The van der Waals surface area contributed by atoms with E-state index < -0.39 is 77.9 Å². The van der Waals surface area contributed by atoms with Gasteiger partial charge in [0.05, 0.1) is 19.3 Å². The Balaban J connectivity index is 1.89. The minimum atomic E-state index is -1.82. The lowest BCUT2D eigenvalue weighted by atomic mass is 9.86. The summed E-state index contributed by atoms with van der Waals surface area (Å²) in [6, 6.07) is 4.54. The molecule has 12 nitrogen and oxygen atoms in total. The lowest BCUT2D eigenvalue weighted by Crippen LogP contribution is -2.55. The summed E-state index contributed by atoms with van der Waals surface area (Å²) in [7, 11) is 1.23. The van der Waals surface area contributed by atoms with Crippen molar-refractivity contribution in [3.8, 4) is 28.7 Å². The first-order valence-corrected chi connectivity index (χ1v) is 10.3. The Morgan fingerprint density at radius 3 is 2.24 bits per heavy atom. The van der Waals surface area contributed by atoms with Gasteiger partial charge in [0.25, 0.3) is 0 Å². The highest BCUT2D eigenvalue weighted by Crippen LogP contribution is 2.51. The molecule has 0 unspecified atom stereocenters. The number of methoxy groups -OCH3 is 1. The van der Waals surface area contributed by atoms with Crippen LogP contribution in [0.2, 0.25) is 0 Å². The normalized spacial score (nSPS) is 31.0. The Labute approximate surface area is 192 Å². The third-order valence-corrected chi connectivity index (χ3v) is 6.03. The van der Waals surface area contributed by atoms with Gasteiger partial charge in [0, 0.05) is 6.07 Å². The Kier molecular flexibility index (Phi) is 6.29. The van der Waals surface area contributed by atoms with E-state index in [0.29, 0.717) is 0 Å². The summed E-state index contributed by atoms with van der Waals surface area (Å²) < 4.78 is 16.8. The number of rotatable bonds is 4. The fraction of sp³-hybridized carbons (Fsp3) is 0.409. The lowest BCUT2D eigenvalue weighted by Gasteiger charge is -2.42. The zero-order valence-corrected chi connectivity index (χ0v) is 17.8. The molecule has 0 saturated carbocycles. The SMILES string of the molecule is COc1cc(O)c2c(c1[C@@H]1O[C@H](CO)[C@@H](O)[C@H](O)[C@H]1O)O[C@H](c1ccc(O)c(O)c1)[C@@H](O)C2=O. The van der Waals surface area contributed by atoms with Gasteiger partial charge in [0.2, 0.25) is 5.78 Å². The molecule has 8 N–H and O–H groups in total. The van der Waals surface area contributed by atoms with Crippen molar-refractivity contribution in [2.24, 2.45) is 0 Å². The number of aliphatic hydroxyl groups excluding tert-OH is 5. The van der Waals surface area contributed by atoms with Crippen LogP contribution in [-0.4, -0.2) is 90.9 Å². The molecule has 2 aromatic rings. The maximum absolute atomic E-state index is 13.1. The second-order valence-corrected chi connectivity index (χ2v) is 8.06. The van der Waals surface area contributed by atoms with Crippen LogP contribution in [0.3, 0.4) is 0 Å². The Morgan fingerprint density at radius 2 is 1.62 bits per heavy atom. The third kappa shape index (κ3) is 3.70. The van der Waals surface area contributed by atoms with E-state index in [-0.39, 0.29) is 22.6 Å². The molecule has 1 saturated heterocycles. The minimum absolute atomic E-state index is 0.101. The molecule has 0 spiro atoms. The van der Waals surface area contributed by atoms with Crippen molar-refractivity contribution in [1.82, 2.24) is 0 Å². The Hall–Kier alpha value is -3.13. The molecule has 0 aromatic heterocycles. The number of benzene rings is 2. The maximum Gasteiger partial charge on any atom is 0.202 e. The molecule has 0 bridgehead atoms. The van der Waals surface area contributed by atoms with Crippen LogP contribution in [0.5, 0.6) is 28.7 Å². The Morgan fingerprint density at radius 1 is 0.912 bits per heavy atom. The van der Waals surface area contributed by atoms with E-state index in [9.17, 15) is 45.6 Å². The summed E-state index contributed by atoms with van der Waals surface area (Å²) in [5.74, 6) is -2.98. The van der Waals surface area contributed by atoms with Gasteiger partial charge < -0.3 is 55.1 Å². The number of carbonyl (C=O) groups excluding carboxylic acids is 1. The molecule has 4 rings (SSSR count). The topological polar surface area (TPSA) is 207 Å². The van der Waals surface area contributed by atoms with E-state index in [1.165, 1.54) is 13.2 Å². The molecule has 2 aliphatic rings. The number of ether oxygens (including phenoxy) is 3. The summed E-state index contributed by atoms with van der Waals surface area (Å²) in [6.07, 6.45) is -11.2. The predicted molar refractivity (Wildman–Crippen MR) is 111 cm³/mol. The van der Waals surface area contributed by atoms with E-state index in [0.717, 1.165) is 18.2 Å². The number of aliphatic hydroxyl groups is 5. The number of aromatic hydroxyl groups is 3. The fourth-order valence-electron chi connectivity index (χ4n) is 4.22. The van der Waals surface area contributed by atoms with Gasteiger partial charge in [-0.05, 0) is 17.7 Å². The number of ketones is 1. The highest BCUT2D eigenvalue weighted by atomic mass is 16.6. The van der Waals surface area contributed by atoms with E-state index >= 15 is 0 Å². The van der Waals surface area contributed by atoms with Crippen molar-refractivity contribution in [3.63, 3.8) is 0 Å². The summed E-state index contributed by atoms with van der Waals surface area (Å²) in [5, 5.41) is 81.1. The fourth-order valence-corrected chi connectivity index (χ4v) is 4.22. The number of Topliss-reactive ketones (excluding diaryl/α,β-unsaturated/α-hetero) is 1. The molecule has 2 heterocycles. The molecule has 2 aromatic carbocycles. The summed E-state index contributed by atoms with van der Waals surface area (Å²) in [4.78, 5) is 13.1. The third-order valence-electron chi connectivity index (χ3n) is 6.03. The zero-order chi connectivity index (χ0) is 24.9. The van der Waals surface area contributed by atoms with Crippen molar-refractivity contribution in [1.29, 1.82) is 0 Å². The van der Waals surface area contributed by atoms with Gasteiger partial charge in [-0.25, -0.2) is 0 Å². The number of fused-ring (bicyclic) bond motifs is 1. The molecular formula is C22H24O12. The summed E-state index contributed by atoms with van der Waals surface area (Å²) >= 11 is 0. The van der Waals surface area contributed by atoms with Gasteiger partial charge in [-0.15, -0.1) is 0 Å². The zero-order valence-electron chi connectivity index (χ0n) is 17.8. The highest BCUT2D eigenvalue weighted by Gasteiger charge is 2.49. The molecule has 7 atom stereocenters. The number of hydrogen-bond donors (Lipinski definition) is 8.